The van der Waals surface area contributed by atoms with Gasteiger partial charge in [-0.25, -0.2) is 0 Å². The zero-order valence-corrected chi connectivity index (χ0v) is 14.6. The molecule has 0 saturated carbocycles. The topological polar surface area (TPSA) is 66.1 Å². The molecule has 0 aromatic carbocycles. The standard InChI is InChI=1S/C18H24N6O/c1-22-12-15(11-20-22)13-23-7-2-8-24(10-9-23)14-16-3-4-18(25-16)17-5-6-19-21-17/h3-6,11-12H,2,7-10,13-14H2,1H3,(H,19,21). The van der Waals surface area contributed by atoms with Gasteiger partial charge < -0.3 is 4.42 Å². The van der Waals surface area contributed by atoms with Gasteiger partial charge in [0.15, 0.2) is 5.76 Å². The number of nitrogens with zero attached hydrogens (tertiary/aromatic N) is 5. The molecule has 132 valence electrons. The number of hydrogen-bond acceptors (Lipinski definition) is 5. The largest absolute Gasteiger partial charge is 0.458 e. The summed E-state index contributed by atoms with van der Waals surface area (Å²) in [4.78, 5) is 4.98. The number of aryl methyl sites for hydroxylation is 1. The smallest absolute Gasteiger partial charge is 0.152 e. The molecule has 1 N–H and O–H groups in total. The molecule has 0 unspecified atom stereocenters. The number of nitrogens with one attached hydrogen (secondary N) is 1. The van der Waals surface area contributed by atoms with Gasteiger partial charge in [0.25, 0.3) is 0 Å². The summed E-state index contributed by atoms with van der Waals surface area (Å²) < 4.78 is 7.83. The van der Waals surface area contributed by atoms with Crippen LogP contribution in [-0.4, -0.2) is 56.0 Å². The summed E-state index contributed by atoms with van der Waals surface area (Å²) in [5.41, 5.74) is 2.20. The van der Waals surface area contributed by atoms with E-state index in [-0.39, 0.29) is 0 Å². The first-order valence-electron chi connectivity index (χ1n) is 8.77. The van der Waals surface area contributed by atoms with Crippen molar-refractivity contribution >= 4 is 0 Å². The van der Waals surface area contributed by atoms with Crippen molar-refractivity contribution in [3.63, 3.8) is 0 Å². The normalized spacial score (nSPS) is 17.0. The van der Waals surface area contributed by atoms with E-state index >= 15 is 0 Å². The maximum absolute atomic E-state index is 5.96. The average Bonchev–Trinajstić information content (AvgIpc) is 3.31. The monoisotopic (exact) mass is 340 g/mol. The second kappa shape index (κ2) is 7.25. The number of aromatic nitrogens is 4. The number of rotatable bonds is 5. The van der Waals surface area contributed by atoms with Gasteiger partial charge in [-0.1, -0.05) is 0 Å². The molecule has 0 bridgehead atoms. The third kappa shape index (κ3) is 4.00. The number of hydrogen-bond donors (Lipinski definition) is 1. The Balaban J connectivity index is 1.32. The maximum Gasteiger partial charge on any atom is 0.152 e. The molecule has 1 fully saturated rings. The molecule has 7 heteroatoms. The molecular weight excluding hydrogens is 316 g/mol. The van der Waals surface area contributed by atoms with Crippen molar-refractivity contribution in [3.8, 4) is 11.5 Å². The van der Waals surface area contributed by atoms with Gasteiger partial charge in [-0.3, -0.25) is 19.6 Å². The predicted molar refractivity (Wildman–Crippen MR) is 94.7 cm³/mol. The second-order valence-corrected chi connectivity index (χ2v) is 6.66. The van der Waals surface area contributed by atoms with Crippen LogP contribution in [0.15, 0.2) is 41.2 Å². The molecular formula is C18H24N6O. The van der Waals surface area contributed by atoms with Crippen LogP contribution in [0.25, 0.3) is 11.5 Å². The molecule has 3 aromatic rings. The van der Waals surface area contributed by atoms with Crippen molar-refractivity contribution in [2.75, 3.05) is 26.2 Å². The number of furan rings is 1. The summed E-state index contributed by atoms with van der Waals surface area (Å²) in [5, 5.41) is 11.2. The Kier molecular flexibility index (Phi) is 4.67. The molecule has 1 saturated heterocycles. The van der Waals surface area contributed by atoms with Crippen LogP contribution < -0.4 is 0 Å². The molecule has 25 heavy (non-hydrogen) atoms. The fraction of sp³-hybridized carbons (Fsp3) is 0.444. The predicted octanol–water partition coefficient (Wildman–Crippen LogP) is 2.11. The second-order valence-electron chi connectivity index (χ2n) is 6.66. The fourth-order valence-corrected chi connectivity index (χ4v) is 3.37. The lowest BCUT2D eigenvalue weighted by atomic mass is 10.3. The Morgan fingerprint density at radius 3 is 2.64 bits per heavy atom. The zero-order valence-electron chi connectivity index (χ0n) is 14.6. The van der Waals surface area contributed by atoms with Crippen LogP contribution in [-0.2, 0) is 20.1 Å². The SMILES string of the molecule is Cn1cc(CN2CCCN(Cc3ccc(-c4ccn[nH]4)o3)CC2)cn1. The van der Waals surface area contributed by atoms with E-state index in [0.717, 1.165) is 56.5 Å². The minimum atomic E-state index is 0.848. The highest BCUT2D eigenvalue weighted by molar-refractivity contribution is 5.51. The van der Waals surface area contributed by atoms with Gasteiger partial charge in [0, 0.05) is 44.6 Å². The van der Waals surface area contributed by atoms with Crippen LogP contribution >= 0.6 is 0 Å². The van der Waals surface area contributed by atoms with E-state index in [4.69, 9.17) is 4.42 Å². The maximum atomic E-state index is 5.96. The minimum absolute atomic E-state index is 0.848. The molecule has 7 nitrogen and oxygen atoms in total. The van der Waals surface area contributed by atoms with Gasteiger partial charge in [0.2, 0.25) is 0 Å². The molecule has 0 spiro atoms. The van der Waals surface area contributed by atoms with Crippen LogP contribution in [0, 0.1) is 0 Å². The quantitative estimate of drug-likeness (QED) is 0.771. The van der Waals surface area contributed by atoms with Crippen LogP contribution in [0.5, 0.6) is 0 Å². The number of H-pyrrole nitrogens is 1. The Morgan fingerprint density at radius 1 is 1.08 bits per heavy atom. The molecule has 1 aliphatic rings. The highest BCUT2D eigenvalue weighted by Crippen LogP contribution is 2.21. The molecule has 4 rings (SSSR count). The van der Waals surface area contributed by atoms with E-state index < -0.39 is 0 Å². The summed E-state index contributed by atoms with van der Waals surface area (Å²) in [6, 6.07) is 5.99. The van der Waals surface area contributed by atoms with Gasteiger partial charge in [0.05, 0.1) is 12.7 Å². The molecule has 0 amide bonds. The molecule has 0 radical (unpaired) electrons. The molecule has 0 atom stereocenters. The molecule has 3 aromatic heterocycles. The first kappa shape index (κ1) is 16.1. The van der Waals surface area contributed by atoms with Crippen molar-refractivity contribution in [1.29, 1.82) is 0 Å². The molecule has 1 aliphatic heterocycles. The van der Waals surface area contributed by atoms with Crippen LogP contribution in [0.1, 0.15) is 17.7 Å². The first-order valence-corrected chi connectivity index (χ1v) is 8.77. The van der Waals surface area contributed by atoms with Crippen LogP contribution in [0.3, 0.4) is 0 Å². The summed E-state index contributed by atoms with van der Waals surface area (Å²) in [5.74, 6) is 1.85. The zero-order chi connectivity index (χ0) is 17.1. The van der Waals surface area contributed by atoms with Crippen molar-refractivity contribution < 1.29 is 4.42 Å². The highest BCUT2D eigenvalue weighted by atomic mass is 16.3. The molecule has 4 heterocycles. The van der Waals surface area contributed by atoms with E-state index in [1.807, 2.05) is 30.1 Å². The van der Waals surface area contributed by atoms with E-state index in [1.54, 1.807) is 6.20 Å². The summed E-state index contributed by atoms with van der Waals surface area (Å²) in [7, 11) is 1.97. The van der Waals surface area contributed by atoms with Gasteiger partial charge >= 0.3 is 0 Å². The van der Waals surface area contributed by atoms with E-state index in [1.165, 1.54) is 12.0 Å². The average molecular weight is 340 g/mol. The Labute approximate surface area is 147 Å². The Morgan fingerprint density at radius 2 is 1.92 bits per heavy atom. The van der Waals surface area contributed by atoms with Gasteiger partial charge in [-0.2, -0.15) is 10.2 Å². The molecule has 0 aliphatic carbocycles. The minimum Gasteiger partial charge on any atom is -0.458 e. The van der Waals surface area contributed by atoms with Crippen LogP contribution in [0.2, 0.25) is 0 Å². The van der Waals surface area contributed by atoms with Crippen molar-refractivity contribution in [2.24, 2.45) is 7.05 Å². The third-order valence-corrected chi connectivity index (χ3v) is 4.65. The van der Waals surface area contributed by atoms with Gasteiger partial charge in [-0.05, 0) is 37.7 Å². The lowest BCUT2D eigenvalue weighted by Gasteiger charge is -2.20. The van der Waals surface area contributed by atoms with Gasteiger partial charge in [0.1, 0.15) is 11.5 Å². The Bertz CT molecular complexity index is 790. The van der Waals surface area contributed by atoms with Crippen molar-refractivity contribution in [1.82, 2.24) is 29.8 Å². The first-order chi connectivity index (χ1) is 12.3. The lowest BCUT2D eigenvalue weighted by molar-refractivity contribution is 0.235. The Hall–Kier alpha value is -2.38. The van der Waals surface area contributed by atoms with Crippen molar-refractivity contribution in [3.05, 3.63) is 48.1 Å². The lowest BCUT2D eigenvalue weighted by Crippen LogP contribution is -2.30. The summed E-state index contributed by atoms with van der Waals surface area (Å²) in [6.45, 7) is 6.19. The van der Waals surface area contributed by atoms with E-state index in [0.29, 0.717) is 0 Å². The van der Waals surface area contributed by atoms with E-state index in [9.17, 15) is 0 Å². The van der Waals surface area contributed by atoms with Gasteiger partial charge in [-0.15, -0.1) is 0 Å². The van der Waals surface area contributed by atoms with E-state index in [2.05, 4.69) is 37.4 Å². The summed E-state index contributed by atoms with van der Waals surface area (Å²) in [6.07, 6.45) is 6.97. The fourth-order valence-electron chi connectivity index (χ4n) is 3.37. The summed E-state index contributed by atoms with van der Waals surface area (Å²) >= 11 is 0. The van der Waals surface area contributed by atoms with Crippen LogP contribution in [0.4, 0.5) is 0 Å². The number of aromatic amines is 1. The third-order valence-electron chi connectivity index (χ3n) is 4.65. The van der Waals surface area contributed by atoms with Crippen molar-refractivity contribution in [2.45, 2.75) is 19.5 Å². The highest BCUT2D eigenvalue weighted by Gasteiger charge is 2.17.